The van der Waals surface area contributed by atoms with Gasteiger partial charge in [-0.3, -0.25) is 0 Å². The Kier molecular flexibility index (Phi) is 13.7. The molecule has 0 atom stereocenters. The second-order valence-electron chi connectivity index (χ2n) is 17.4. The van der Waals surface area contributed by atoms with Crippen molar-refractivity contribution in [3.05, 3.63) is 90.0 Å². The van der Waals surface area contributed by atoms with E-state index >= 15 is 0 Å². The molecule has 0 N–H and O–H groups in total. The summed E-state index contributed by atoms with van der Waals surface area (Å²) in [5.41, 5.74) is 2.22. The van der Waals surface area contributed by atoms with Crippen LogP contribution in [0.1, 0.15) is 11.1 Å². The van der Waals surface area contributed by atoms with E-state index in [-0.39, 0.29) is 0 Å². The van der Waals surface area contributed by atoms with Gasteiger partial charge >= 0.3 is 82.5 Å². The molecule has 0 unspecified atom stereocenters. The topological polar surface area (TPSA) is 0 Å². The van der Waals surface area contributed by atoms with Crippen LogP contribution in [0.5, 0.6) is 0 Å². The van der Waals surface area contributed by atoms with Gasteiger partial charge in [-0.2, -0.15) is 22.9 Å². The zero-order valence-corrected chi connectivity index (χ0v) is 40.7. The van der Waals surface area contributed by atoms with Gasteiger partial charge in [0.25, 0.3) is 0 Å². The molecular weight excluding hydrogens is 771 g/mol. The number of hydrogen-bond acceptors (Lipinski definition) is 0. The molecule has 0 fully saturated rings. The van der Waals surface area contributed by atoms with Gasteiger partial charge in [0.05, 0.1) is 32.3 Å². The molecule has 0 aliphatic carbocycles. The Morgan fingerprint density at radius 2 is 0.830 bits per heavy atom. The maximum Gasteiger partial charge on any atom is 0.0753 e. The van der Waals surface area contributed by atoms with Crippen LogP contribution in [0.3, 0.4) is 0 Å². The van der Waals surface area contributed by atoms with Gasteiger partial charge in [-0.15, -0.1) is 68.7 Å². The minimum atomic E-state index is -1.95. The summed E-state index contributed by atoms with van der Waals surface area (Å²) in [7, 11) is 6.90. The normalized spacial score (nSPS) is 12.4. The van der Waals surface area contributed by atoms with Crippen molar-refractivity contribution in [3.63, 3.8) is 0 Å². The fraction of sp³-hybridized carbons (Fsp3) is 0.385. The van der Waals surface area contributed by atoms with Crippen LogP contribution in [0.15, 0.2) is 78.9 Å². The molecule has 254 valence electrons. The van der Waals surface area contributed by atoms with Crippen molar-refractivity contribution >= 4 is 102 Å². The van der Waals surface area contributed by atoms with Crippen LogP contribution >= 0.6 is 17.0 Å². The van der Waals surface area contributed by atoms with Gasteiger partial charge in [0.15, 0.2) is 0 Å². The molecule has 0 aromatic heterocycles. The Morgan fingerprint density at radius 1 is 0.511 bits per heavy atom. The van der Waals surface area contributed by atoms with Gasteiger partial charge in [-0.1, -0.05) is 103 Å². The van der Waals surface area contributed by atoms with E-state index in [9.17, 15) is 0 Å². The van der Waals surface area contributed by atoms with E-state index in [1.165, 1.54) is 37.9 Å². The first-order chi connectivity index (χ1) is 21.4. The van der Waals surface area contributed by atoms with Gasteiger partial charge in [0.1, 0.15) is 0 Å². The summed E-state index contributed by atoms with van der Waals surface area (Å²) in [6.45, 7) is 36.2. The second kappa shape index (κ2) is 15.8. The van der Waals surface area contributed by atoms with Crippen molar-refractivity contribution in [2.45, 2.75) is 99.0 Å². The summed E-state index contributed by atoms with van der Waals surface area (Å²) in [6.07, 6.45) is 0. The van der Waals surface area contributed by atoms with Crippen LogP contribution in [-0.4, -0.2) is 37.7 Å². The molecule has 0 amide bonds. The van der Waals surface area contributed by atoms with Gasteiger partial charge < -0.3 is 0 Å². The van der Waals surface area contributed by atoms with Crippen molar-refractivity contribution in [2.24, 2.45) is 0 Å². The number of hydrogen-bond donors (Lipinski definition) is 0. The summed E-state index contributed by atoms with van der Waals surface area (Å²) in [5, 5.41) is 13.8. The number of rotatable bonds is 5. The molecular formula is C39H58Cl2Si5Zr-2. The molecule has 5 rings (SSSR count). The molecule has 0 bridgehead atoms. The fourth-order valence-electron chi connectivity index (χ4n) is 6.11. The molecule has 47 heavy (non-hydrogen) atoms. The molecule has 0 nitrogen and oxygen atoms in total. The van der Waals surface area contributed by atoms with Gasteiger partial charge in [0, 0.05) is 0 Å². The Hall–Kier alpha value is -0.572. The quantitative estimate of drug-likeness (QED) is 0.122. The van der Waals surface area contributed by atoms with Crippen molar-refractivity contribution in [3.8, 4) is 0 Å². The summed E-state index contributed by atoms with van der Waals surface area (Å²) in [4.78, 5) is 0. The predicted molar refractivity (Wildman–Crippen MR) is 230 cm³/mol. The van der Waals surface area contributed by atoms with Crippen LogP contribution in [0, 0.1) is 13.8 Å². The number of fused-ring (bicyclic) bond motifs is 2. The van der Waals surface area contributed by atoms with Gasteiger partial charge in [-0.25, -0.2) is 0 Å². The summed E-state index contributed by atoms with van der Waals surface area (Å²) in [6, 6.07) is 29.6. The van der Waals surface area contributed by atoms with E-state index in [0.717, 1.165) is 0 Å². The van der Waals surface area contributed by atoms with Gasteiger partial charge in [-0.05, 0) is 0 Å². The Morgan fingerprint density at radius 3 is 1.13 bits per heavy atom. The number of aryl methyl sites for hydroxylation is 2. The molecule has 8 heteroatoms. The van der Waals surface area contributed by atoms with E-state index in [2.05, 4.69) is 160 Å². The fourth-order valence-corrected chi connectivity index (χ4v) is 24.1. The maximum atomic E-state index is 5.97. The second-order valence-corrected chi connectivity index (χ2v) is 58.5. The standard InChI is InChI=1S/2C16H25Si2.C7H8Si.2ClH.Zr/c2*1-12-8-13-10-15(17(2,3)4)16(18(5,6)7)11-14(13)9-12;1-8-7-5-3-2-4-6-7;;;/h2*8-11H,1-7H3;2-6H,1H3;2*1H;/q2*-1;;;;+2/p-2. The average Bonchev–Trinajstić information content (AvgIpc) is 3.49. The Bertz CT molecular complexity index is 1640. The van der Waals surface area contributed by atoms with E-state index in [1.807, 2.05) is 18.2 Å². The number of halogens is 2. The summed E-state index contributed by atoms with van der Waals surface area (Å²) in [5.74, 6) is 0. The first-order valence-corrected chi connectivity index (χ1v) is 42.9. The Balaban J connectivity index is 0.000000198. The zero-order chi connectivity index (χ0) is 35.7. The molecule has 0 saturated carbocycles. The third kappa shape index (κ3) is 11.2. The molecule has 5 aromatic carbocycles. The van der Waals surface area contributed by atoms with E-state index in [0.29, 0.717) is 0 Å². The minimum Gasteiger partial charge on any atom is -0.165 e. The van der Waals surface area contributed by atoms with Crippen LogP contribution in [0.2, 0.25) is 85.1 Å². The number of benzene rings is 3. The molecule has 0 radical (unpaired) electrons. The smallest absolute Gasteiger partial charge is 0.0753 e. The SMILES string of the molecule is C[Si](c1ccccc1)=[Zr]([Cl])[Cl].Cc1cc2cc([Si](C)(C)C)c([Si](C)(C)C)cc2[cH-]1.Cc1cc2cc([Si](C)(C)C)c([Si](C)(C)C)cc2[cH-]1. The average molecular weight is 829 g/mol. The van der Waals surface area contributed by atoms with E-state index in [1.54, 1.807) is 20.7 Å². The first kappa shape index (κ1) is 40.9. The van der Waals surface area contributed by atoms with Gasteiger partial charge in [0.2, 0.25) is 0 Å². The molecule has 0 aliphatic rings. The predicted octanol–water partition coefficient (Wildman–Crippen LogP) is 10.4. The van der Waals surface area contributed by atoms with Crippen LogP contribution in [0.25, 0.3) is 21.5 Å². The summed E-state index contributed by atoms with van der Waals surface area (Å²) < 4.78 is 0. The van der Waals surface area contributed by atoms with Crippen LogP contribution in [-0.2, 0) is 18.0 Å². The summed E-state index contributed by atoms with van der Waals surface area (Å²) >= 11 is -1.95. The molecule has 0 heterocycles. The first-order valence-electron chi connectivity index (χ1n) is 16.9. The zero-order valence-electron chi connectivity index (χ0n) is 31.8. The van der Waals surface area contributed by atoms with Crippen molar-refractivity contribution < 1.29 is 18.0 Å². The van der Waals surface area contributed by atoms with E-state index < -0.39 is 55.7 Å². The monoisotopic (exact) mass is 826 g/mol. The molecule has 0 spiro atoms. The van der Waals surface area contributed by atoms with Crippen LogP contribution < -0.4 is 25.9 Å². The minimum absolute atomic E-state index is 0.557. The van der Waals surface area contributed by atoms with E-state index in [4.69, 9.17) is 17.0 Å². The van der Waals surface area contributed by atoms with Crippen molar-refractivity contribution in [1.82, 2.24) is 0 Å². The molecule has 0 saturated heterocycles. The Labute approximate surface area is 306 Å². The van der Waals surface area contributed by atoms with Crippen molar-refractivity contribution in [1.29, 1.82) is 0 Å². The molecule has 0 aliphatic heterocycles. The third-order valence-electron chi connectivity index (χ3n) is 8.70. The third-order valence-corrected chi connectivity index (χ3v) is 35.5. The van der Waals surface area contributed by atoms with Crippen molar-refractivity contribution in [2.75, 3.05) is 0 Å². The molecule has 5 aromatic rings. The maximum absolute atomic E-state index is 5.97. The largest absolute Gasteiger partial charge is 0.165 e. The van der Waals surface area contributed by atoms with Crippen LogP contribution in [0.4, 0.5) is 0 Å².